The van der Waals surface area contributed by atoms with Crippen molar-refractivity contribution in [2.24, 2.45) is 0 Å². The summed E-state index contributed by atoms with van der Waals surface area (Å²) in [5.41, 5.74) is 2.44. The van der Waals surface area contributed by atoms with E-state index in [1.165, 1.54) is 11.1 Å². The number of nitrogens with zero attached hydrogens (tertiary/aromatic N) is 2. The summed E-state index contributed by atoms with van der Waals surface area (Å²) in [7, 11) is 0. The molecule has 0 unspecified atom stereocenters. The smallest absolute Gasteiger partial charge is 0.227 e. The molecule has 0 atom stereocenters. The van der Waals surface area contributed by atoms with Gasteiger partial charge in [0.05, 0.1) is 5.41 Å². The molecule has 0 radical (unpaired) electrons. The van der Waals surface area contributed by atoms with E-state index in [-0.39, 0.29) is 5.41 Å². The normalized spacial score (nSPS) is 16.6. The van der Waals surface area contributed by atoms with E-state index in [0.29, 0.717) is 0 Å². The summed E-state index contributed by atoms with van der Waals surface area (Å²) < 4.78 is 5.60. The lowest BCUT2D eigenvalue weighted by molar-refractivity contribution is 0.319. The van der Waals surface area contributed by atoms with Gasteiger partial charge >= 0.3 is 0 Å². The maximum atomic E-state index is 5.60. The Morgan fingerprint density at radius 2 is 1.56 bits per heavy atom. The van der Waals surface area contributed by atoms with Gasteiger partial charge in [-0.2, -0.15) is 4.98 Å². The van der Waals surface area contributed by atoms with Gasteiger partial charge in [-0.25, -0.2) is 0 Å². The van der Waals surface area contributed by atoms with E-state index in [1.54, 1.807) is 0 Å². The molecule has 4 nitrogen and oxygen atoms in total. The van der Waals surface area contributed by atoms with Crippen LogP contribution in [0.15, 0.2) is 65.2 Å². The van der Waals surface area contributed by atoms with Crippen LogP contribution < -0.4 is 5.32 Å². The highest BCUT2D eigenvalue weighted by Crippen LogP contribution is 2.38. The molecule has 1 aromatic heterocycles. The molecular weight excluding hydrogens is 310 g/mol. The molecule has 1 aliphatic heterocycles. The van der Waals surface area contributed by atoms with E-state index in [4.69, 9.17) is 9.51 Å². The van der Waals surface area contributed by atoms with E-state index in [0.717, 1.165) is 50.5 Å². The van der Waals surface area contributed by atoms with Crippen molar-refractivity contribution in [3.05, 3.63) is 83.5 Å². The van der Waals surface area contributed by atoms with E-state index < -0.39 is 0 Å². The van der Waals surface area contributed by atoms with Crippen LogP contribution >= 0.6 is 0 Å². The molecule has 3 aromatic rings. The second-order valence-electron chi connectivity index (χ2n) is 6.70. The third-order valence-electron chi connectivity index (χ3n) is 5.15. The molecule has 0 amide bonds. The Morgan fingerprint density at radius 1 is 0.880 bits per heavy atom. The highest BCUT2D eigenvalue weighted by molar-refractivity contribution is 5.33. The molecule has 2 heterocycles. The zero-order valence-electron chi connectivity index (χ0n) is 14.3. The zero-order valence-corrected chi connectivity index (χ0v) is 14.3. The van der Waals surface area contributed by atoms with Crippen LogP contribution in [0.2, 0.25) is 0 Å². The third kappa shape index (κ3) is 3.35. The van der Waals surface area contributed by atoms with Crippen molar-refractivity contribution in [3.8, 4) is 0 Å². The first-order chi connectivity index (χ1) is 12.4. The third-order valence-corrected chi connectivity index (χ3v) is 5.15. The van der Waals surface area contributed by atoms with Gasteiger partial charge in [0.15, 0.2) is 5.82 Å². The monoisotopic (exact) mass is 333 g/mol. The number of hydrogen-bond donors (Lipinski definition) is 1. The zero-order chi connectivity index (χ0) is 17.0. The second-order valence-corrected chi connectivity index (χ2v) is 6.70. The maximum Gasteiger partial charge on any atom is 0.227 e. The summed E-state index contributed by atoms with van der Waals surface area (Å²) in [5, 5.41) is 7.83. The number of nitrogens with one attached hydrogen (secondary N) is 1. The Balaban J connectivity index is 1.58. The molecular formula is C21H23N3O. The van der Waals surface area contributed by atoms with Crippen molar-refractivity contribution in [1.29, 1.82) is 0 Å². The molecule has 1 fully saturated rings. The minimum Gasteiger partial charge on any atom is -0.339 e. The fourth-order valence-electron chi connectivity index (χ4n) is 3.70. The molecule has 2 aromatic carbocycles. The number of aryl methyl sites for hydroxylation is 2. The van der Waals surface area contributed by atoms with E-state index in [9.17, 15) is 0 Å². The minimum atomic E-state index is -0.138. The van der Waals surface area contributed by atoms with E-state index in [2.05, 4.69) is 65.1 Å². The second kappa shape index (κ2) is 7.19. The fraction of sp³-hybridized carbons (Fsp3) is 0.333. The SMILES string of the molecule is c1ccc(CCc2nc(C3(c4ccccc4)CCNCC3)no2)cc1. The van der Waals surface area contributed by atoms with Crippen LogP contribution in [0.3, 0.4) is 0 Å². The van der Waals surface area contributed by atoms with E-state index >= 15 is 0 Å². The number of rotatable bonds is 5. The van der Waals surface area contributed by atoms with Gasteiger partial charge in [-0.15, -0.1) is 0 Å². The number of aromatic nitrogens is 2. The van der Waals surface area contributed by atoms with Crippen molar-refractivity contribution in [3.63, 3.8) is 0 Å². The molecule has 4 heteroatoms. The number of hydrogen-bond acceptors (Lipinski definition) is 4. The molecule has 0 bridgehead atoms. The lowest BCUT2D eigenvalue weighted by atomic mass is 9.72. The summed E-state index contributed by atoms with van der Waals surface area (Å²) >= 11 is 0. The average molecular weight is 333 g/mol. The Morgan fingerprint density at radius 3 is 2.28 bits per heavy atom. The van der Waals surface area contributed by atoms with Gasteiger partial charge in [0, 0.05) is 6.42 Å². The van der Waals surface area contributed by atoms with Crippen LogP contribution in [-0.4, -0.2) is 23.2 Å². The lowest BCUT2D eigenvalue weighted by Crippen LogP contribution is -2.41. The lowest BCUT2D eigenvalue weighted by Gasteiger charge is -2.35. The first-order valence-corrected chi connectivity index (χ1v) is 9.00. The van der Waals surface area contributed by atoms with Crippen LogP contribution in [-0.2, 0) is 18.3 Å². The quantitative estimate of drug-likeness (QED) is 0.776. The Labute approximate surface area is 148 Å². The van der Waals surface area contributed by atoms with Crippen LogP contribution in [0.5, 0.6) is 0 Å². The molecule has 0 aliphatic carbocycles. The van der Waals surface area contributed by atoms with Crippen molar-refractivity contribution in [2.45, 2.75) is 31.1 Å². The first kappa shape index (κ1) is 16.0. The van der Waals surface area contributed by atoms with Crippen molar-refractivity contribution in [1.82, 2.24) is 15.5 Å². The largest absolute Gasteiger partial charge is 0.339 e. The summed E-state index contributed by atoms with van der Waals surface area (Å²) in [6.07, 6.45) is 3.69. The van der Waals surface area contributed by atoms with Crippen LogP contribution in [0.4, 0.5) is 0 Å². The number of benzene rings is 2. The van der Waals surface area contributed by atoms with Crippen LogP contribution in [0, 0.1) is 0 Å². The standard InChI is InChI=1S/C21H23N3O/c1-3-7-17(8-4-1)11-12-19-23-20(24-25-19)21(13-15-22-16-14-21)18-9-5-2-6-10-18/h1-10,22H,11-16H2. The van der Waals surface area contributed by atoms with Crippen molar-refractivity contribution in [2.75, 3.05) is 13.1 Å². The molecule has 1 saturated heterocycles. The van der Waals surface area contributed by atoms with Crippen LogP contribution in [0.1, 0.15) is 35.7 Å². The Hall–Kier alpha value is -2.46. The Kier molecular flexibility index (Phi) is 4.61. The molecule has 0 saturated carbocycles. The minimum absolute atomic E-state index is 0.138. The highest BCUT2D eigenvalue weighted by Gasteiger charge is 2.39. The molecule has 1 N–H and O–H groups in total. The van der Waals surface area contributed by atoms with Gasteiger partial charge in [0.2, 0.25) is 5.89 Å². The van der Waals surface area contributed by atoms with Gasteiger partial charge in [0.1, 0.15) is 0 Å². The molecule has 4 rings (SSSR count). The van der Waals surface area contributed by atoms with Crippen LogP contribution in [0.25, 0.3) is 0 Å². The van der Waals surface area contributed by atoms with Crippen molar-refractivity contribution >= 4 is 0 Å². The predicted octanol–water partition coefficient (Wildman–Crippen LogP) is 3.52. The topological polar surface area (TPSA) is 51.0 Å². The molecule has 1 aliphatic rings. The van der Waals surface area contributed by atoms with Gasteiger partial charge in [-0.05, 0) is 43.5 Å². The highest BCUT2D eigenvalue weighted by atomic mass is 16.5. The molecule has 0 spiro atoms. The van der Waals surface area contributed by atoms with Gasteiger partial charge < -0.3 is 9.84 Å². The molecule has 128 valence electrons. The van der Waals surface area contributed by atoms with Crippen molar-refractivity contribution < 1.29 is 4.52 Å². The fourth-order valence-corrected chi connectivity index (χ4v) is 3.70. The van der Waals surface area contributed by atoms with E-state index in [1.807, 2.05) is 6.07 Å². The van der Waals surface area contributed by atoms with Gasteiger partial charge in [0.25, 0.3) is 0 Å². The Bertz CT molecular complexity index is 792. The summed E-state index contributed by atoms with van der Waals surface area (Å²) in [4.78, 5) is 4.79. The summed E-state index contributed by atoms with van der Waals surface area (Å²) in [6, 6.07) is 21.0. The maximum absolute atomic E-state index is 5.60. The van der Waals surface area contributed by atoms with Gasteiger partial charge in [-0.1, -0.05) is 65.8 Å². The summed E-state index contributed by atoms with van der Waals surface area (Å²) in [6.45, 7) is 1.95. The summed E-state index contributed by atoms with van der Waals surface area (Å²) in [5.74, 6) is 1.57. The first-order valence-electron chi connectivity index (χ1n) is 9.00. The average Bonchev–Trinajstić information content (AvgIpc) is 3.18. The number of piperidine rings is 1. The molecule has 25 heavy (non-hydrogen) atoms. The van der Waals surface area contributed by atoms with Gasteiger partial charge in [-0.3, -0.25) is 0 Å². The predicted molar refractivity (Wildman–Crippen MR) is 97.5 cm³/mol.